The molecule has 0 saturated carbocycles. The van der Waals surface area contributed by atoms with Gasteiger partial charge in [-0.2, -0.15) is 0 Å². The van der Waals surface area contributed by atoms with Gasteiger partial charge in [-0.3, -0.25) is 9.10 Å². The standard InChI is InChI=1S/C27H30N2O3S/c1-19-9-14-25(15-10-19)33(31,32)29-21(3)17-24-18-23(13-16-26(24)29)27(30)28-20(2)11-12-22-7-5-4-6-8-22/h4-10,13-16,18,20-21H,11-12,17H2,1-3H3,(H,28,30)/t20-,21-/m0/s1. The summed E-state index contributed by atoms with van der Waals surface area (Å²) in [5, 5.41) is 3.07. The first kappa shape index (κ1) is 23.1. The highest BCUT2D eigenvalue weighted by Crippen LogP contribution is 2.37. The molecule has 0 saturated heterocycles. The van der Waals surface area contributed by atoms with Crippen molar-refractivity contribution in [1.82, 2.24) is 5.32 Å². The maximum atomic E-state index is 13.3. The Bertz CT molecular complexity index is 1240. The van der Waals surface area contributed by atoms with Crippen molar-refractivity contribution in [3.63, 3.8) is 0 Å². The number of aryl methyl sites for hydroxylation is 2. The van der Waals surface area contributed by atoms with Crippen LogP contribution in [0.3, 0.4) is 0 Å². The third-order valence-electron chi connectivity index (χ3n) is 6.16. The summed E-state index contributed by atoms with van der Waals surface area (Å²) >= 11 is 0. The van der Waals surface area contributed by atoms with Gasteiger partial charge in [-0.25, -0.2) is 8.42 Å². The molecule has 3 aromatic carbocycles. The van der Waals surface area contributed by atoms with Crippen LogP contribution >= 0.6 is 0 Å². The molecule has 172 valence electrons. The molecular formula is C27H30N2O3S. The molecule has 0 unspecified atom stereocenters. The summed E-state index contributed by atoms with van der Waals surface area (Å²) in [5.41, 5.74) is 4.35. The second kappa shape index (κ2) is 9.40. The molecule has 1 heterocycles. The topological polar surface area (TPSA) is 66.5 Å². The molecule has 5 nitrogen and oxygen atoms in total. The van der Waals surface area contributed by atoms with Crippen LogP contribution in [0, 0.1) is 6.92 Å². The van der Waals surface area contributed by atoms with Crippen molar-refractivity contribution in [2.75, 3.05) is 4.31 Å². The Morgan fingerprint density at radius 3 is 2.45 bits per heavy atom. The maximum Gasteiger partial charge on any atom is 0.264 e. The Morgan fingerprint density at radius 2 is 1.76 bits per heavy atom. The fourth-order valence-electron chi connectivity index (χ4n) is 4.34. The number of nitrogens with zero attached hydrogens (tertiary/aromatic N) is 1. The number of hydrogen-bond donors (Lipinski definition) is 1. The summed E-state index contributed by atoms with van der Waals surface area (Å²) in [7, 11) is -3.67. The smallest absolute Gasteiger partial charge is 0.264 e. The van der Waals surface area contributed by atoms with Gasteiger partial charge in [0.05, 0.1) is 10.6 Å². The maximum absolute atomic E-state index is 13.3. The van der Waals surface area contributed by atoms with Gasteiger partial charge in [-0.15, -0.1) is 0 Å². The largest absolute Gasteiger partial charge is 0.350 e. The van der Waals surface area contributed by atoms with Crippen LogP contribution < -0.4 is 9.62 Å². The van der Waals surface area contributed by atoms with E-state index in [0.29, 0.717) is 17.7 Å². The number of rotatable bonds is 7. The molecule has 0 fully saturated rings. The van der Waals surface area contributed by atoms with Crippen LogP contribution in [0.1, 0.15) is 47.3 Å². The van der Waals surface area contributed by atoms with Gasteiger partial charge in [0.25, 0.3) is 15.9 Å². The number of carbonyl (C=O) groups is 1. The van der Waals surface area contributed by atoms with Crippen LogP contribution in [0.15, 0.2) is 77.7 Å². The normalized spacial score (nSPS) is 16.3. The number of carbonyl (C=O) groups excluding carboxylic acids is 1. The first-order valence-electron chi connectivity index (χ1n) is 11.3. The van der Waals surface area contributed by atoms with E-state index >= 15 is 0 Å². The molecule has 1 amide bonds. The highest BCUT2D eigenvalue weighted by molar-refractivity contribution is 7.92. The number of amides is 1. The number of benzene rings is 3. The summed E-state index contributed by atoms with van der Waals surface area (Å²) < 4.78 is 28.1. The molecule has 6 heteroatoms. The lowest BCUT2D eigenvalue weighted by Crippen LogP contribution is -2.35. The van der Waals surface area contributed by atoms with Gasteiger partial charge in [0.1, 0.15) is 0 Å². The number of anilines is 1. The monoisotopic (exact) mass is 462 g/mol. The molecule has 33 heavy (non-hydrogen) atoms. The van der Waals surface area contributed by atoms with E-state index in [9.17, 15) is 13.2 Å². The Balaban J connectivity index is 1.48. The zero-order valence-electron chi connectivity index (χ0n) is 19.3. The van der Waals surface area contributed by atoms with Crippen LogP contribution in [-0.2, 0) is 22.9 Å². The Labute approximate surface area is 196 Å². The van der Waals surface area contributed by atoms with Gasteiger partial charge in [0, 0.05) is 17.6 Å². The predicted octanol–water partition coefficient (Wildman–Crippen LogP) is 4.89. The number of sulfonamides is 1. The summed E-state index contributed by atoms with van der Waals surface area (Å²) in [5.74, 6) is -0.133. The average Bonchev–Trinajstić information content (AvgIpc) is 3.14. The minimum Gasteiger partial charge on any atom is -0.350 e. The molecule has 3 aromatic rings. The molecule has 1 aliphatic rings. The molecule has 0 aliphatic carbocycles. The Morgan fingerprint density at radius 1 is 1.06 bits per heavy atom. The Kier molecular flexibility index (Phi) is 6.56. The van der Waals surface area contributed by atoms with Gasteiger partial charge in [-0.05, 0) is 81.5 Å². The molecule has 0 bridgehead atoms. The van der Waals surface area contributed by atoms with Crippen LogP contribution in [0.25, 0.3) is 0 Å². The lowest BCUT2D eigenvalue weighted by Gasteiger charge is -2.24. The second-order valence-electron chi connectivity index (χ2n) is 8.91. The van der Waals surface area contributed by atoms with E-state index < -0.39 is 10.0 Å². The van der Waals surface area contributed by atoms with Crippen molar-refractivity contribution in [3.05, 3.63) is 95.1 Å². The van der Waals surface area contributed by atoms with E-state index in [0.717, 1.165) is 24.0 Å². The fraction of sp³-hybridized carbons (Fsp3) is 0.296. The summed E-state index contributed by atoms with van der Waals surface area (Å²) in [6, 6.07) is 22.2. The lowest BCUT2D eigenvalue weighted by atomic mass is 10.0. The summed E-state index contributed by atoms with van der Waals surface area (Å²) in [6.07, 6.45) is 2.32. The van der Waals surface area contributed by atoms with E-state index in [1.165, 1.54) is 9.87 Å². The number of fused-ring (bicyclic) bond motifs is 1. The highest BCUT2D eigenvalue weighted by atomic mass is 32.2. The van der Waals surface area contributed by atoms with Crippen molar-refractivity contribution in [2.24, 2.45) is 0 Å². The van der Waals surface area contributed by atoms with Crippen LogP contribution in [0.4, 0.5) is 5.69 Å². The molecule has 1 aliphatic heterocycles. The van der Waals surface area contributed by atoms with Gasteiger partial charge < -0.3 is 5.32 Å². The molecule has 1 N–H and O–H groups in total. The second-order valence-corrected chi connectivity index (χ2v) is 10.7. The summed E-state index contributed by atoms with van der Waals surface area (Å²) in [6.45, 7) is 5.84. The van der Waals surface area contributed by atoms with Crippen molar-refractivity contribution in [2.45, 2.75) is 57.0 Å². The number of nitrogens with one attached hydrogen (secondary N) is 1. The first-order chi connectivity index (χ1) is 15.8. The van der Waals surface area contributed by atoms with E-state index in [1.54, 1.807) is 36.4 Å². The number of hydrogen-bond acceptors (Lipinski definition) is 3. The van der Waals surface area contributed by atoms with Crippen molar-refractivity contribution in [3.8, 4) is 0 Å². The molecule has 0 aromatic heterocycles. The Hall–Kier alpha value is -3.12. The third-order valence-corrected chi connectivity index (χ3v) is 8.10. The molecule has 4 rings (SSSR count). The molecular weight excluding hydrogens is 432 g/mol. The zero-order chi connectivity index (χ0) is 23.6. The minimum absolute atomic E-state index is 0.0308. The van der Waals surface area contributed by atoms with Crippen molar-refractivity contribution >= 4 is 21.6 Å². The minimum atomic E-state index is -3.67. The molecule has 0 radical (unpaired) electrons. The zero-order valence-corrected chi connectivity index (χ0v) is 20.1. The van der Waals surface area contributed by atoms with Crippen LogP contribution in [0.2, 0.25) is 0 Å². The van der Waals surface area contributed by atoms with Gasteiger partial charge in [-0.1, -0.05) is 48.0 Å². The van der Waals surface area contributed by atoms with Gasteiger partial charge in [0.15, 0.2) is 0 Å². The third kappa shape index (κ3) is 4.96. The van der Waals surface area contributed by atoms with Gasteiger partial charge in [0.2, 0.25) is 0 Å². The van der Waals surface area contributed by atoms with E-state index in [1.807, 2.05) is 45.0 Å². The highest BCUT2D eigenvalue weighted by Gasteiger charge is 2.36. The molecule has 0 spiro atoms. The average molecular weight is 463 g/mol. The fourth-order valence-corrected chi connectivity index (χ4v) is 6.03. The van der Waals surface area contributed by atoms with E-state index in [4.69, 9.17) is 0 Å². The summed E-state index contributed by atoms with van der Waals surface area (Å²) in [4.78, 5) is 13.1. The SMILES string of the molecule is Cc1ccc(S(=O)(=O)N2c3ccc(C(=O)N[C@@H](C)CCc4ccccc4)cc3C[C@@H]2C)cc1. The van der Waals surface area contributed by atoms with Gasteiger partial charge >= 0.3 is 0 Å². The van der Waals surface area contributed by atoms with E-state index in [-0.39, 0.29) is 22.9 Å². The predicted molar refractivity (Wildman–Crippen MR) is 132 cm³/mol. The first-order valence-corrected chi connectivity index (χ1v) is 12.8. The van der Waals surface area contributed by atoms with Crippen molar-refractivity contribution < 1.29 is 13.2 Å². The molecule has 2 atom stereocenters. The van der Waals surface area contributed by atoms with Crippen LogP contribution in [-0.4, -0.2) is 26.4 Å². The van der Waals surface area contributed by atoms with Crippen LogP contribution in [0.5, 0.6) is 0 Å². The van der Waals surface area contributed by atoms with E-state index in [2.05, 4.69) is 17.4 Å². The van der Waals surface area contributed by atoms with Crippen molar-refractivity contribution in [1.29, 1.82) is 0 Å². The lowest BCUT2D eigenvalue weighted by molar-refractivity contribution is 0.0938. The quantitative estimate of drug-likeness (QED) is 0.544.